The van der Waals surface area contributed by atoms with Crippen LogP contribution >= 0.6 is 0 Å². The monoisotopic (exact) mass is 214 g/mol. The van der Waals surface area contributed by atoms with Crippen LogP contribution in [-0.4, -0.2) is 24.3 Å². The third-order valence-corrected chi connectivity index (χ3v) is 2.67. The Morgan fingerprint density at radius 3 is 2.67 bits per heavy atom. The Bertz CT molecular complexity index is 207. The number of nitrogens with two attached hydrogens (primary N) is 1. The van der Waals surface area contributed by atoms with Gasteiger partial charge in [-0.05, 0) is 33.1 Å². The first-order valence-electron chi connectivity index (χ1n) is 5.82. The SMILES string of the molecule is CC(C)NC(=O)OC1CCCCCC1N. The number of carbonyl (C=O) groups excluding carboxylic acids is 1. The molecule has 0 heterocycles. The van der Waals surface area contributed by atoms with E-state index in [0.29, 0.717) is 0 Å². The van der Waals surface area contributed by atoms with Crippen LogP contribution in [0.25, 0.3) is 0 Å². The van der Waals surface area contributed by atoms with Crippen LogP contribution in [0.15, 0.2) is 0 Å². The summed E-state index contributed by atoms with van der Waals surface area (Å²) in [5.74, 6) is 0. The molecule has 0 aromatic carbocycles. The molecule has 0 radical (unpaired) electrons. The lowest BCUT2D eigenvalue weighted by Crippen LogP contribution is -2.41. The second-order valence-electron chi connectivity index (χ2n) is 4.54. The van der Waals surface area contributed by atoms with E-state index >= 15 is 0 Å². The second kappa shape index (κ2) is 5.95. The molecule has 0 bridgehead atoms. The molecular formula is C11H22N2O2. The van der Waals surface area contributed by atoms with E-state index in [2.05, 4.69) is 5.32 Å². The van der Waals surface area contributed by atoms with Gasteiger partial charge >= 0.3 is 6.09 Å². The number of carbonyl (C=O) groups is 1. The van der Waals surface area contributed by atoms with E-state index in [1.807, 2.05) is 13.8 Å². The summed E-state index contributed by atoms with van der Waals surface area (Å²) in [6, 6.07) is 0.116. The van der Waals surface area contributed by atoms with Crippen molar-refractivity contribution in [2.24, 2.45) is 5.73 Å². The van der Waals surface area contributed by atoms with Crippen molar-refractivity contribution in [3.8, 4) is 0 Å². The van der Waals surface area contributed by atoms with Gasteiger partial charge in [0.05, 0.1) is 0 Å². The van der Waals surface area contributed by atoms with E-state index in [1.54, 1.807) is 0 Å². The third kappa shape index (κ3) is 4.51. The van der Waals surface area contributed by atoms with Crippen LogP contribution in [0.2, 0.25) is 0 Å². The number of nitrogens with one attached hydrogen (secondary N) is 1. The van der Waals surface area contributed by atoms with Gasteiger partial charge in [0.1, 0.15) is 6.10 Å². The summed E-state index contributed by atoms with van der Waals surface area (Å²) >= 11 is 0. The van der Waals surface area contributed by atoms with Crippen molar-refractivity contribution in [2.75, 3.05) is 0 Å². The third-order valence-electron chi connectivity index (χ3n) is 2.67. The number of hydrogen-bond acceptors (Lipinski definition) is 3. The molecule has 0 aromatic heterocycles. The lowest BCUT2D eigenvalue weighted by atomic mass is 10.1. The van der Waals surface area contributed by atoms with Crippen LogP contribution < -0.4 is 11.1 Å². The Kier molecular flexibility index (Phi) is 4.88. The topological polar surface area (TPSA) is 64.3 Å². The molecule has 1 aliphatic rings. The Hall–Kier alpha value is -0.770. The molecule has 2 atom stereocenters. The minimum atomic E-state index is -0.340. The lowest BCUT2D eigenvalue weighted by Gasteiger charge is -2.22. The largest absolute Gasteiger partial charge is 0.445 e. The molecule has 1 amide bonds. The fourth-order valence-corrected chi connectivity index (χ4v) is 1.86. The van der Waals surface area contributed by atoms with Gasteiger partial charge in [0, 0.05) is 12.1 Å². The smallest absolute Gasteiger partial charge is 0.407 e. The van der Waals surface area contributed by atoms with Crippen LogP contribution in [0.1, 0.15) is 46.0 Å². The van der Waals surface area contributed by atoms with Crippen LogP contribution in [0.4, 0.5) is 4.79 Å². The maximum Gasteiger partial charge on any atom is 0.407 e. The number of amides is 1. The van der Waals surface area contributed by atoms with Crippen LogP contribution in [0.3, 0.4) is 0 Å². The van der Waals surface area contributed by atoms with Gasteiger partial charge in [-0.2, -0.15) is 0 Å². The molecule has 0 aliphatic heterocycles. The summed E-state index contributed by atoms with van der Waals surface area (Å²) in [6.45, 7) is 3.82. The summed E-state index contributed by atoms with van der Waals surface area (Å²) < 4.78 is 5.32. The van der Waals surface area contributed by atoms with Crippen molar-refractivity contribution < 1.29 is 9.53 Å². The molecule has 88 valence electrons. The number of ether oxygens (including phenoxy) is 1. The second-order valence-corrected chi connectivity index (χ2v) is 4.54. The van der Waals surface area contributed by atoms with Crippen molar-refractivity contribution in [2.45, 2.75) is 64.1 Å². The molecule has 0 spiro atoms. The Morgan fingerprint density at radius 1 is 1.33 bits per heavy atom. The maximum absolute atomic E-state index is 11.4. The first-order chi connectivity index (χ1) is 7.09. The number of alkyl carbamates (subject to hydrolysis) is 1. The molecule has 1 fully saturated rings. The predicted octanol–water partition coefficient (Wildman–Crippen LogP) is 1.78. The molecular weight excluding hydrogens is 192 g/mol. The molecule has 1 saturated carbocycles. The predicted molar refractivity (Wildman–Crippen MR) is 59.6 cm³/mol. The molecule has 3 N–H and O–H groups in total. The molecule has 4 heteroatoms. The molecule has 15 heavy (non-hydrogen) atoms. The van der Waals surface area contributed by atoms with Crippen LogP contribution in [-0.2, 0) is 4.74 Å². The molecule has 1 aliphatic carbocycles. The lowest BCUT2D eigenvalue weighted by molar-refractivity contribution is 0.0767. The summed E-state index contributed by atoms with van der Waals surface area (Å²) in [7, 11) is 0. The Balaban J connectivity index is 2.37. The molecule has 0 aromatic rings. The number of hydrogen-bond donors (Lipinski definition) is 2. The van der Waals surface area contributed by atoms with Crippen LogP contribution in [0.5, 0.6) is 0 Å². The average Bonchev–Trinajstić information content (AvgIpc) is 2.30. The van der Waals surface area contributed by atoms with Gasteiger partial charge in [0.25, 0.3) is 0 Å². The maximum atomic E-state index is 11.4. The fourth-order valence-electron chi connectivity index (χ4n) is 1.86. The van der Waals surface area contributed by atoms with Crippen molar-refractivity contribution >= 4 is 6.09 Å². The average molecular weight is 214 g/mol. The normalized spacial score (nSPS) is 27.2. The first kappa shape index (κ1) is 12.3. The van der Waals surface area contributed by atoms with Gasteiger partial charge in [0.2, 0.25) is 0 Å². The highest BCUT2D eigenvalue weighted by atomic mass is 16.6. The minimum Gasteiger partial charge on any atom is -0.445 e. The van der Waals surface area contributed by atoms with Gasteiger partial charge in [-0.15, -0.1) is 0 Å². The van der Waals surface area contributed by atoms with Crippen molar-refractivity contribution in [1.29, 1.82) is 0 Å². The Morgan fingerprint density at radius 2 is 2.00 bits per heavy atom. The van der Waals surface area contributed by atoms with Gasteiger partial charge < -0.3 is 15.8 Å². The summed E-state index contributed by atoms with van der Waals surface area (Å²) in [4.78, 5) is 11.4. The van der Waals surface area contributed by atoms with E-state index in [-0.39, 0.29) is 24.3 Å². The minimum absolute atomic E-state index is 0.00501. The zero-order chi connectivity index (χ0) is 11.3. The van der Waals surface area contributed by atoms with Gasteiger partial charge in [-0.3, -0.25) is 0 Å². The fraction of sp³-hybridized carbons (Fsp3) is 0.909. The van der Waals surface area contributed by atoms with Crippen molar-refractivity contribution in [1.82, 2.24) is 5.32 Å². The number of rotatable bonds is 2. The highest BCUT2D eigenvalue weighted by molar-refractivity contribution is 5.67. The van der Waals surface area contributed by atoms with E-state index in [0.717, 1.165) is 25.7 Å². The summed E-state index contributed by atoms with van der Waals surface area (Å²) in [6.07, 6.45) is 4.85. The van der Waals surface area contributed by atoms with Gasteiger partial charge in [-0.1, -0.05) is 12.8 Å². The van der Waals surface area contributed by atoms with E-state index in [4.69, 9.17) is 10.5 Å². The van der Waals surface area contributed by atoms with E-state index in [9.17, 15) is 4.79 Å². The highest BCUT2D eigenvalue weighted by Crippen LogP contribution is 2.19. The van der Waals surface area contributed by atoms with Gasteiger partial charge in [0.15, 0.2) is 0 Å². The quantitative estimate of drug-likeness (QED) is 0.689. The van der Waals surface area contributed by atoms with E-state index < -0.39 is 0 Å². The molecule has 2 unspecified atom stereocenters. The molecule has 1 rings (SSSR count). The van der Waals surface area contributed by atoms with Gasteiger partial charge in [-0.25, -0.2) is 4.79 Å². The van der Waals surface area contributed by atoms with Crippen LogP contribution in [0, 0.1) is 0 Å². The highest BCUT2D eigenvalue weighted by Gasteiger charge is 2.23. The zero-order valence-corrected chi connectivity index (χ0v) is 9.66. The molecule has 4 nitrogen and oxygen atoms in total. The van der Waals surface area contributed by atoms with E-state index in [1.165, 1.54) is 6.42 Å². The van der Waals surface area contributed by atoms with Crippen molar-refractivity contribution in [3.63, 3.8) is 0 Å². The Labute approximate surface area is 91.5 Å². The summed E-state index contributed by atoms with van der Waals surface area (Å²) in [5, 5.41) is 2.71. The van der Waals surface area contributed by atoms with Crippen molar-refractivity contribution in [3.05, 3.63) is 0 Å². The summed E-state index contributed by atoms with van der Waals surface area (Å²) in [5.41, 5.74) is 5.95. The standard InChI is InChI=1S/C11H22N2O2/c1-8(2)13-11(14)15-10-7-5-3-4-6-9(10)12/h8-10H,3-7,12H2,1-2H3,(H,13,14). The first-order valence-corrected chi connectivity index (χ1v) is 5.82. The zero-order valence-electron chi connectivity index (χ0n) is 9.66. The molecule has 0 saturated heterocycles.